The topological polar surface area (TPSA) is 98.0 Å². The van der Waals surface area contributed by atoms with Gasteiger partial charge in [-0.1, -0.05) is 30.7 Å². The van der Waals surface area contributed by atoms with Crippen molar-refractivity contribution in [3.05, 3.63) is 81.6 Å². The maximum Gasteiger partial charge on any atom is 0.269 e. The Balaban J connectivity index is 1.69. The second-order valence-corrected chi connectivity index (χ2v) is 6.66. The van der Waals surface area contributed by atoms with Crippen molar-refractivity contribution < 1.29 is 4.92 Å². The summed E-state index contributed by atoms with van der Waals surface area (Å²) in [5, 5.41) is 24.5. The van der Waals surface area contributed by atoms with Crippen LogP contribution in [-0.2, 0) is 6.42 Å². The Morgan fingerprint density at radius 3 is 2.48 bits per heavy atom. The fraction of sp³-hybridized carbons (Fsp3) is 0.100. The van der Waals surface area contributed by atoms with Gasteiger partial charge in [0.05, 0.1) is 28.2 Å². The average Bonchev–Trinajstić information content (AvgIpc) is 3.17. The van der Waals surface area contributed by atoms with Gasteiger partial charge in [0.2, 0.25) is 0 Å². The Labute approximate surface area is 170 Å². The minimum Gasteiger partial charge on any atom is -0.258 e. The van der Waals surface area contributed by atoms with Crippen molar-refractivity contribution in [3.8, 4) is 11.3 Å². The smallest absolute Gasteiger partial charge is 0.258 e. The summed E-state index contributed by atoms with van der Waals surface area (Å²) >= 11 is 5.96. The number of non-ortho nitro benzene ring substituents is 1. The average molecular weight is 407 g/mol. The second kappa shape index (κ2) is 7.76. The molecule has 0 N–H and O–H groups in total. The van der Waals surface area contributed by atoms with Crippen LogP contribution < -0.4 is 0 Å². The van der Waals surface area contributed by atoms with Gasteiger partial charge in [-0.25, -0.2) is 9.50 Å². The first-order chi connectivity index (χ1) is 14.0. The highest BCUT2D eigenvalue weighted by molar-refractivity contribution is 6.30. The van der Waals surface area contributed by atoms with Gasteiger partial charge in [-0.3, -0.25) is 10.1 Å². The summed E-state index contributed by atoms with van der Waals surface area (Å²) in [6.45, 7) is 2.00. The predicted molar refractivity (Wildman–Crippen MR) is 110 cm³/mol. The highest BCUT2D eigenvalue weighted by Gasteiger charge is 2.12. The van der Waals surface area contributed by atoms with E-state index in [2.05, 4.69) is 20.3 Å². The van der Waals surface area contributed by atoms with Crippen LogP contribution >= 0.6 is 11.6 Å². The number of aryl methyl sites for hydroxylation is 1. The van der Waals surface area contributed by atoms with Crippen molar-refractivity contribution in [3.63, 3.8) is 0 Å². The molecule has 4 rings (SSSR count). The van der Waals surface area contributed by atoms with Gasteiger partial charge in [-0.2, -0.15) is 10.2 Å². The van der Waals surface area contributed by atoms with Crippen LogP contribution in [0.3, 0.4) is 0 Å². The Hall–Kier alpha value is -3.65. The van der Waals surface area contributed by atoms with Gasteiger partial charge in [0.15, 0.2) is 5.65 Å². The number of benzene rings is 2. The Morgan fingerprint density at radius 2 is 1.83 bits per heavy atom. The van der Waals surface area contributed by atoms with Crippen LogP contribution in [0.1, 0.15) is 12.6 Å². The number of nitro benzene ring substituents is 1. The number of halogens is 1. The zero-order valence-electron chi connectivity index (χ0n) is 15.4. The molecule has 0 aliphatic carbocycles. The third-order valence-corrected chi connectivity index (χ3v) is 4.62. The molecule has 29 heavy (non-hydrogen) atoms. The van der Waals surface area contributed by atoms with E-state index in [4.69, 9.17) is 11.6 Å². The van der Waals surface area contributed by atoms with E-state index in [0.29, 0.717) is 28.5 Å². The van der Waals surface area contributed by atoms with Gasteiger partial charge in [-0.05, 0) is 30.7 Å². The van der Waals surface area contributed by atoms with Gasteiger partial charge < -0.3 is 0 Å². The highest BCUT2D eigenvalue weighted by Crippen LogP contribution is 2.27. The lowest BCUT2D eigenvalue weighted by Gasteiger charge is -2.04. The van der Waals surface area contributed by atoms with Gasteiger partial charge in [-0.15, -0.1) is 5.11 Å². The van der Waals surface area contributed by atoms with Crippen LogP contribution in [0.25, 0.3) is 16.9 Å². The zero-order valence-corrected chi connectivity index (χ0v) is 16.1. The van der Waals surface area contributed by atoms with Crippen molar-refractivity contribution >= 4 is 34.3 Å². The van der Waals surface area contributed by atoms with E-state index in [1.165, 1.54) is 12.1 Å². The molecule has 0 aliphatic rings. The summed E-state index contributed by atoms with van der Waals surface area (Å²) in [5.41, 5.74) is 4.41. The molecule has 9 heteroatoms. The highest BCUT2D eigenvalue weighted by atomic mass is 35.5. The molecule has 144 valence electrons. The molecule has 4 aromatic rings. The molecule has 0 saturated carbocycles. The zero-order chi connectivity index (χ0) is 20.4. The molecule has 0 radical (unpaired) electrons. The van der Waals surface area contributed by atoms with Gasteiger partial charge >= 0.3 is 0 Å². The lowest BCUT2D eigenvalue weighted by molar-refractivity contribution is -0.384. The van der Waals surface area contributed by atoms with Crippen LogP contribution in [0.4, 0.5) is 17.1 Å². The molecule has 0 spiro atoms. The molecule has 2 aromatic heterocycles. The molecule has 2 heterocycles. The number of nitrogens with zero attached hydrogens (tertiary/aromatic N) is 6. The Bertz CT molecular complexity index is 1220. The lowest BCUT2D eigenvalue weighted by atomic mass is 10.2. The van der Waals surface area contributed by atoms with Gasteiger partial charge in [0, 0.05) is 28.8 Å². The summed E-state index contributed by atoms with van der Waals surface area (Å²) in [5.74, 6) is 0. The standard InChI is InChI=1S/C20H15ClN6O2/c1-2-19-18(24-23-15-7-9-16(10-8-15)27(28)29)12-22-20-11-17(25-26(19)20)13-3-5-14(21)6-4-13/h3-12H,2H2,1H3. The van der Waals surface area contributed by atoms with Crippen LogP contribution in [-0.4, -0.2) is 19.5 Å². The molecule has 0 fully saturated rings. The monoisotopic (exact) mass is 406 g/mol. The van der Waals surface area contributed by atoms with Gasteiger partial charge in [0.1, 0.15) is 5.69 Å². The molecule has 0 bridgehead atoms. The maximum absolute atomic E-state index is 10.7. The number of rotatable bonds is 5. The molecule has 0 unspecified atom stereocenters. The Kier molecular flexibility index (Phi) is 5.01. The molecule has 0 aliphatic heterocycles. The molecule has 0 amide bonds. The van der Waals surface area contributed by atoms with Gasteiger partial charge in [0.25, 0.3) is 5.69 Å². The summed E-state index contributed by atoms with van der Waals surface area (Å²) in [4.78, 5) is 14.7. The normalized spacial score (nSPS) is 11.4. The number of azo groups is 1. The van der Waals surface area contributed by atoms with E-state index in [1.54, 1.807) is 22.8 Å². The number of nitro groups is 1. The van der Waals surface area contributed by atoms with E-state index >= 15 is 0 Å². The van der Waals surface area contributed by atoms with Crippen molar-refractivity contribution in [1.82, 2.24) is 14.6 Å². The largest absolute Gasteiger partial charge is 0.269 e. The first-order valence-corrected chi connectivity index (χ1v) is 9.22. The van der Waals surface area contributed by atoms with Crippen molar-refractivity contribution in [2.75, 3.05) is 0 Å². The molecule has 0 saturated heterocycles. The molecule has 0 atom stereocenters. The number of fused-ring (bicyclic) bond motifs is 1. The van der Waals surface area contributed by atoms with Crippen molar-refractivity contribution in [2.24, 2.45) is 10.2 Å². The maximum atomic E-state index is 10.7. The van der Waals surface area contributed by atoms with E-state index in [1.807, 2.05) is 37.3 Å². The minimum absolute atomic E-state index is 0.00699. The quantitative estimate of drug-likeness (QED) is 0.233. The number of aromatic nitrogens is 3. The van der Waals surface area contributed by atoms with E-state index < -0.39 is 4.92 Å². The SMILES string of the molecule is CCc1c(N=Nc2ccc([N+](=O)[O-])cc2)cnc2cc(-c3ccc(Cl)cc3)nn12. The molecule has 8 nitrogen and oxygen atoms in total. The number of hydrogen-bond acceptors (Lipinski definition) is 6. The summed E-state index contributed by atoms with van der Waals surface area (Å²) in [6, 6.07) is 15.2. The second-order valence-electron chi connectivity index (χ2n) is 6.22. The van der Waals surface area contributed by atoms with Crippen LogP contribution in [0.2, 0.25) is 5.02 Å². The van der Waals surface area contributed by atoms with E-state index in [0.717, 1.165) is 17.0 Å². The molecular weight excluding hydrogens is 392 g/mol. The van der Waals surface area contributed by atoms with Crippen LogP contribution in [0.15, 0.2) is 71.0 Å². The summed E-state index contributed by atoms with van der Waals surface area (Å²) in [7, 11) is 0. The Morgan fingerprint density at radius 1 is 1.10 bits per heavy atom. The van der Waals surface area contributed by atoms with E-state index in [9.17, 15) is 10.1 Å². The lowest BCUT2D eigenvalue weighted by Crippen LogP contribution is -1.99. The van der Waals surface area contributed by atoms with Crippen LogP contribution in [0, 0.1) is 10.1 Å². The van der Waals surface area contributed by atoms with Crippen molar-refractivity contribution in [2.45, 2.75) is 13.3 Å². The first kappa shape index (κ1) is 18.7. The number of hydrogen-bond donors (Lipinski definition) is 0. The summed E-state index contributed by atoms with van der Waals surface area (Å²) < 4.78 is 1.76. The van der Waals surface area contributed by atoms with Crippen LogP contribution in [0.5, 0.6) is 0 Å². The summed E-state index contributed by atoms with van der Waals surface area (Å²) in [6.07, 6.45) is 2.33. The van der Waals surface area contributed by atoms with E-state index in [-0.39, 0.29) is 5.69 Å². The van der Waals surface area contributed by atoms with Crippen molar-refractivity contribution in [1.29, 1.82) is 0 Å². The third kappa shape index (κ3) is 3.83. The first-order valence-electron chi connectivity index (χ1n) is 8.85. The minimum atomic E-state index is -0.454. The predicted octanol–water partition coefficient (Wildman–Crippen LogP) is 5.94. The third-order valence-electron chi connectivity index (χ3n) is 4.37. The fourth-order valence-corrected chi connectivity index (χ4v) is 3.03. The molecular formula is C20H15ClN6O2. The molecule has 2 aromatic carbocycles. The fourth-order valence-electron chi connectivity index (χ4n) is 2.90.